The van der Waals surface area contributed by atoms with E-state index in [9.17, 15) is 4.79 Å². The second-order valence-corrected chi connectivity index (χ2v) is 5.00. The molecular formula is C14H21N5O. The Labute approximate surface area is 119 Å². The maximum atomic E-state index is 12.2. The summed E-state index contributed by atoms with van der Waals surface area (Å²) in [5.41, 5.74) is 2.83. The quantitative estimate of drug-likeness (QED) is 0.828. The Morgan fingerprint density at radius 3 is 2.65 bits per heavy atom. The van der Waals surface area contributed by atoms with Crippen LogP contribution in [0.15, 0.2) is 18.3 Å². The van der Waals surface area contributed by atoms with E-state index in [1.807, 2.05) is 43.8 Å². The summed E-state index contributed by atoms with van der Waals surface area (Å²) in [5.74, 6) is 0.0299. The van der Waals surface area contributed by atoms with Gasteiger partial charge in [0.25, 0.3) is 0 Å². The zero-order chi connectivity index (χ0) is 14.7. The van der Waals surface area contributed by atoms with E-state index in [1.54, 1.807) is 16.6 Å². The van der Waals surface area contributed by atoms with Crippen LogP contribution in [-0.4, -0.2) is 37.4 Å². The third kappa shape index (κ3) is 3.26. The second-order valence-electron chi connectivity index (χ2n) is 5.00. The SMILES string of the molecule is CCn1ccc(CN(C)C(=O)Cn2nc(C)cc2C)n1. The molecule has 0 bridgehead atoms. The minimum Gasteiger partial charge on any atom is -0.338 e. The van der Waals surface area contributed by atoms with E-state index in [0.29, 0.717) is 6.54 Å². The summed E-state index contributed by atoms with van der Waals surface area (Å²) in [7, 11) is 1.79. The van der Waals surface area contributed by atoms with Crippen LogP contribution in [0.5, 0.6) is 0 Å². The fourth-order valence-corrected chi connectivity index (χ4v) is 2.08. The molecule has 20 heavy (non-hydrogen) atoms. The highest BCUT2D eigenvalue weighted by Crippen LogP contribution is 2.05. The van der Waals surface area contributed by atoms with Crippen LogP contribution in [0.25, 0.3) is 0 Å². The molecule has 0 aromatic carbocycles. The molecule has 0 aliphatic rings. The van der Waals surface area contributed by atoms with Crippen LogP contribution in [0.1, 0.15) is 24.0 Å². The summed E-state index contributed by atoms with van der Waals surface area (Å²) >= 11 is 0. The first kappa shape index (κ1) is 14.3. The molecule has 6 heteroatoms. The molecule has 0 unspecified atom stereocenters. The van der Waals surface area contributed by atoms with Crippen LogP contribution in [0.3, 0.4) is 0 Å². The molecule has 0 saturated carbocycles. The van der Waals surface area contributed by atoms with Crippen molar-refractivity contribution in [1.29, 1.82) is 0 Å². The van der Waals surface area contributed by atoms with Gasteiger partial charge in [0.05, 0.1) is 17.9 Å². The van der Waals surface area contributed by atoms with Gasteiger partial charge in [-0.05, 0) is 32.9 Å². The first-order valence-electron chi connectivity index (χ1n) is 6.77. The summed E-state index contributed by atoms with van der Waals surface area (Å²) in [6.45, 7) is 7.54. The van der Waals surface area contributed by atoms with E-state index in [4.69, 9.17) is 0 Å². The normalized spacial score (nSPS) is 10.8. The van der Waals surface area contributed by atoms with Gasteiger partial charge in [0.2, 0.25) is 5.91 Å². The van der Waals surface area contributed by atoms with E-state index < -0.39 is 0 Å². The summed E-state index contributed by atoms with van der Waals surface area (Å²) < 4.78 is 3.59. The molecule has 0 spiro atoms. The number of aryl methyl sites for hydroxylation is 3. The van der Waals surface area contributed by atoms with Crippen LogP contribution in [0, 0.1) is 13.8 Å². The standard InChI is InChI=1S/C14H21N5O/c1-5-18-7-6-13(16-18)9-17(4)14(20)10-19-12(3)8-11(2)15-19/h6-8H,5,9-10H2,1-4H3. The minimum absolute atomic E-state index is 0.0299. The molecule has 2 heterocycles. The van der Waals surface area contributed by atoms with Crippen LogP contribution in [-0.2, 0) is 24.4 Å². The van der Waals surface area contributed by atoms with Crippen molar-refractivity contribution in [2.24, 2.45) is 0 Å². The number of hydrogen-bond donors (Lipinski definition) is 0. The first-order chi connectivity index (χ1) is 9.49. The molecule has 2 aromatic heterocycles. The van der Waals surface area contributed by atoms with Crippen LogP contribution in [0.2, 0.25) is 0 Å². The smallest absolute Gasteiger partial charge is 0.244 e. The van der Waals surface area contributed by atoms with Gasteiger partial charge in [0.1, 0.15) is 6.54 Å². The molecule has 1 amide bonds. The molecule has 0 N–H and O–H groups in total. The molecule has 108 valence electrons. The average molecular weight is 275 g/mol. The maximum Gasteiger partial charge on any atom is 0.244 e. The van der Waals surface area contributed by atoms with Crippen molar-refractivity contribution in [1.82, 2.24) is 24.5 Å². The molecule has 0 saturated heterocycles. The van der Waals surface area contributed by atoms with Gasteiger partial charge in [0, 0.05) is 25.5 Å². The van der Waals surface area contributed by atoms with E-state index in [2.05, 4.69) is 10.2 Å². The van der Waals surface area contributed by atoms with Crippen LogP contribution in [0.4, 0.5) is 0 Å². The van der Waals surface area contributed by atoms with Crippen molar-refractivity contribution in [3.63, 3.8) is 0 Å². The molecule has 0 aliphatic carbocycles. The highest BCUT2D eigenvalue weighted by Gasteiger charge is 2.13. The molecule has 2 aromatic rings. The predicted octanol–water partition coefficient (Wildman–Crippen LogP) is 1.37. The third-order valence-electron chi connectivity index (χ3n) is 3.23. The number of rotatable bonds is 5. The van der Waals surface area contributed by atoms with Crippen molar-refractivity contribution >= 4 is 5.91 Å². The lowest BCUT2D eigenvalue weighted by Gasteiger charge is -2.16. The second kappa shape index (κ2) is 5.90. The molecule has 0 fully saturated rings. The number of likely N-dealkylation sites (N-methyl/N-ethyl adjacent to an activating group) is 1. The molecule has 0 atom stereocenters. The number of carbonyl (C=O) groups is 1. The molecular weight excluding hydrogens is 254 g/mol. The zero-order valence-electron chi connectivity index (χ0n) is 12.5. The Morgan fingerprint density at radius 1 is 1.35 bits per heavy atom. The fraction of sp³-hybridized carbons (Fsp3) is 0.500. The van der Waals surface area contributed by atoms with E-state index in [0.717, 1.165) is 23.6 Å². The first-order valence-corrected chi connectivity index (χ1v) is 6.77. The van der Waals surface area contributed by atoms with Crippen molar-refractivity contribution in [3.8, 4) is 0 Å². The third-order valence-corrected chi connectivity index (χ3v) is 3.23. The summed E-state index contributed by atoms with van der Waals surface area (Å²) in [6, 6.07) is 3.91. The van der Waals surface area contributed by atoms with Crippen molar-refractivity contribution < 1.29 is 4.79 Å². The van der Waals surface area contributed by atoms with Crippen molar-refractivity contribution in [2.45, 2.75) is 40.4 Å². The van der Waals surface area contributed by atoms with Gasteiger partial charge in [-0.1, -0.05) is 0 Å². The number of carbonyl (C=O) groups excluding carboxylic acids is 1. The van der Waals surface area contributed by atoms with Crippen molar-refractivity contribution in [2.75, 3.05) is 7.05 Å². The van der Waals surface area contributed by atoms with Gasteiger partial charge >= 0.3 is 0 Å². The summed E-state index contributed by atoms with van der Waals surface area (Å²) in [5, 5.41) is 8.69. The largest absolute Gasteiger partial charge is 0.338 e. The number of hydrogen-bond acceptors (Lipinski definition) is 3. The maximum absolute atomic E-state index is 12.2. The monoisotopic (exact) mass is 275 g/mol. The average Bonchev–Trinajstić information content (AvgIpc) is 2.96. The molecule has 6 nitrogen and oxygen atoms in total. The number of nitrogens with zero attached hydrogens (tertiary/aromatic N) is 5. The molecule has 0 aliphatic heterocycles. The zero-order valence-corrected chi connectivity index (χ0v) is 12.5. The van der Waals surface area contributed by atoms with Gasteiger partial charge in [-0.25, -0.2) is 0 Å². The Bertz CT molecular complexity index is 598. The van der Waals surface area contributed by atoms with Crippen molar-refractivity contribution in [3.05, 3.63) is 35.4 Å². The molecule has 2 rings (SSSR count). The molecule has 0 radical (unpaired) electrons. The van der Waals surface area contributed by atoms with Gasteiger partial charge in [-0.2, -0.15) is 10.2 Å². The van der Waals surface area contributed by atoms with E-state index >= 15 is 0 Å². The topological polar surface area (TPSA) is 56.0 Å². The predicted molar refractivity (Wildman–Crippen MR) is 76.1 cm³/mol. The fourth-order valence-electron chi connectivity index (χ4n) is 2.08. The Morgan fingerprint density at radius 2 is 2.10 bits per heavy atom. The van der Waals surface area contributed by atoms with Gasteiger partial charge < -0.3 is 4.90 Å². The van der Waals surface area contributed by atoms with Gasteiger partial charge in [-0.3, -0.25) is 14.2 Å². The Hall–Kier alpha value is -2.11. The Balaban J connectivity index is 1.96. The number of aromatic nitrogens is 4. The lowest BCUT2D eigenvalue weighted by atomic mass is 10.4. The minimum atomic E-state index is 0.0299. The highest BCUT2D eigenvalue weighted by molar-refractivity contribution is 5.75. The van der Waals surface area contributed by atoms with E-state index in [-0.39, 0.29) is 12.5 Å². The van der Waals surface area contributed by atoms with Gasteiger partial charge in [0.15, 0.2) is 0 Å². The highest BCUT2D eigenvalue weighted by atomic mass is 16.2. The summed E-state index contributed by atoms with van der Waals surface area (Å²) in [4.78, 5) is 13.9. The van der Waals surface area contributed by atoms with Crippen LogP contribution >= 0.6 is 0 Å². The number of amides is 1. The van der Waals surface area contributed by atoms with Gasteiger partial charge in [-0.15, -0.1) is 0 Å². The van der Waals surface area contributed by atoms with E-state index in [1.165, 1.54) is 0 Å². The summed E-state index contributed by atoms with van der Waals surface area (Å²) in [6.07, 6.45) is 1.93. The lowest BCUT2D eigenvalue weighted by Crippen LogP contribution is -2.30. The Kier molecular flexibility index (Phi) is 4.22. The van der Waals surface area contributed by atoms with Crippen LogP contribution < -0.4 is 0 Å². The lowest BCUT2D eigenvalue weighted by molar-refractivity contribution is -0.131.